The summed E-state index contributed by atoms with van der Waals surface area (Å²) in [6.07, 6.45) is 0.167. The van der Waals surface area contributed by atoms with Gasteiger partial charge in [-0.3, -0.25) is 0 Å². The fourth-order valence-corrected chi connectivity index (χ4v) is 5.49. The van der Waals surface area contributed by atoms with Crippen molar-refractivity contribution in [1.29, 1.82) is 0 Å². The molecule has 3 saturated carbocycles. The van der Waals surface area contributed by atoms with Gasteiger partial charge in [-0.1, -0.05) is 26.0 Å². The van der Waals surface area contributed by atoms with Gasteiger partial charge in [0.1, 0.15) is 11.9 Å². The summed E-state index contributed by atoms with van der Waals surface area (Å²) in [4.78, 5) is 27.3. The summed E-state index contributed by atoms with van der Waals surface area (Å²) in [5, 5.41) is 0. The lowest BCUT2D eigenvalue weighted by molar-refractivity contribution is -0.137. The van der Waals surface area contributed by atoms with Crippen molar-refractivity contribution in [3.05, 3.63) is 35.4 Å². The number of halogens is 3. The molecular weight excluding hydrogens is 431 g/mol. The Hall–Kier alpha value is -2.05. The van der Waals surface area contributed by atoms with Crippen molar-refractivity contribution in [3.8, 4) is 0 Å². The lowest BCUT2D eigenvalue weighted by atomic mass is 9.51. The van der Waals surface area contributed by atoms with E-state index in [0.717, 1.165) is 30.4 Å². The van der Waals surface area contributed by atoms with Gasteiger partial charge in [-0.05, 0) is 82.9 Å². The van der Waals surface area contributed by atoms with Gasteiger partial charge in [0.2, 0.25) is 0 Å². The zero-order valence-corrected chi connectivity index (χ0v) is 20.3. The fourth-order valence-electron chi connectivity index (χ4n) is 5.49. The Morgan fingerprint density at radius 3 is 2.15 bits per heavy atom. The highest BCUT2D eigenvalue weighted by Gasteiger charge is 2.58. The van der Waals surface area contributed by atoms with Crippen molar-refractivity contribution in [1.82, 2.24) is 4.90 Å². The molecule has 4 nitrogen and oxygen atoms in total. The number of benzene rings is 1. The van der Waals surface area contributed by atoms with Crippen LogP contribution in [0.5, 0.6) is 0 Å². The van der Waals surface area contributed by atoms with Crippen LogP contribution in [0.2, 0.25) is 0 Å². The minimum absolute atomic E-state index is 0.229. The van der Waals surface area contributed by atoms with E-state index in [1.165, 1.54) is 12.1 Å². The first-order chi connectivity index (χ1) is 15.2. The van der Waals surface area contributed by atoms with Crippen molar-refractivity contribution in [2.75, 3.05) is 6.54 Å². The molecule has 0 saturated heterocycles. The minimum Gasteiger partial charge on any atom is -0.444 e. The maximum Gasteiger partial charge on any atom is 0.416 e. The first-order valence-electron chi connectivity index (χ1n) is 11.9. The van der Waals surface area contributed by atoms with E-state index in [-0.39, 0.29) is 12.0 Å². The van der Waals surface area contributed by atoms with Crippen LogP contribution in [0, 0.1) is 11.3 Å². The van der Waals surface area contributed by atoms with Gasteiger partial charge in [-0.2, -0.15) is 13.2 Å². The first kappa shape index (κ1) is 25.6. The Balaban J connectivity index is 2.04. The summed E-state index contributed by atoms with van der Waals surface area (Å²) in [7, 11) is 0. The van der Waals surface area contributed by atoms with Crippen molar-refractivity contribution in [3.63, 3.8) is 0 Å². The van der Waals surface area contributed by atoms with Crippen molar-refractivity contribution in [2.45, 2.75) is 96.4 Å². The van der Waals surface area contributed by atoms with E-state index in [2.05, 4.69) is 13.8 Å². The lowest BCUT2D eigenvalue weighted by Crippen LogP contribution is -2.63. The third-order valence-electron chi connectivity index (χ3n) is 7.34. The molecule has 3 aliphatic rings. The zero-order valence-electron chi connectivity index (χ0n) is 20.3. The SMILES string of the molecule is CC(C)CCN(C(=O)OC(C)(C)C)C12CCC(C=O)(CC1)CC2c1ccc(C(F)(F)F)cc1. The molecule has 7 heteroatoms. The number of hydrogen-bond donors (Lipinski definition) is 0. The average Bonchev–Trinajstić information content (AvgIpc) is 2.72. The number of aldehydes is 1. The van der Waals surface area contributed by atoms with Crippen LogP contribution < -0.4 is 0 Å². The molecule has 1 amide bonds. The highest BCUT2D eigenvalue weighted by atomic mass is 19.4. The molecule has 0 aromatic heterocycles. The molecule has 4 rings (SSSR count). The second kappa shape index (κ2) is 8.95. The van der Waals surface area contributed by atoms with Crippen LogP contribution in [0.15, 0.2) is 24.3 Å². The third kappa shape index (κ3) is 5.38. The number of alkyl halides is 3. The molecule has 0 spiro atoms. The number of hydrogen-bond acceptors (Lipinski definition) is 3. The molecule has 1 unspecified atom stereocenters. The molecule has 3 fully saturated rings. The smallest absolute Gasteiger partial charge is 0.416 e. The van der Waals surface area contributed by atoms with E-state index in [0.29, 0.717) is 44.6 Å². The molecule has 1 aromatic carbocycles. The van der Waals surface area contributed by atoms with Crippen molar-refractivity contribution >= 4 is 12.4 Å². The molecule has 1 aromatic rings. The van der Waals surface area contributed by atoms with Gasteiger partial charge in [0.05, 0.1) is 11.1 Å². The highest BCUT2D eigenvalue weighted by molar-refractivity contribution is 5.70. The van der Waals surface area contributed by atoms with Gasteiger partial charge in [0, 0.05) is 17.9 Å². The zero-order chi connectivity index (χ0) is 24.7. The predicted octanol–water partition coefficient (Wildman–Crippen LogP) is 6.97. The van der Waals surface area contributed by atoms with E-state index >= 15 is 0 Å². The molecule has 3 aliphatic carbocycles. The maximum absolute atomic E-state index is 13.4. The van der Waals surface area contributed by atoms with Gasteiger partial charge in [0.15, 0.2) is 0 Å². The number of carbonyl (C=O) groups excluding carboxylic acids is 2. The van der Waals surface area contributed by atoms with E-state index in [4.69, 9.17) is 4.74 Å². The maximum atomic E-state index is 13.4. The number of rotatable bonds is 6. The standard InChI is InChI=1S/C26H36F3NO3/c1-18(2)10-15-30(22(32)33-23(3,4)5)25-13-11-24(17-31,12-14-25)16-21(25)19-6-8-20(9-7-19)26(27,28)29/h6-9,17-18,21H,10-16H2,1-5H3. The number of carbonyl (C=O) groups is 2. The van der Waals surface area contributed by atoms with Crippen molar-refractivity contribution in [2.24, 2.45) is 11.3 Å². The number of amides is 1. The Morgan fingerprint density at radius 2 is 1.70 bits per heavy atom. The second-order valence-corrected chi connectivity index (χ2v) is 11.3. The number of ether oxygens (including phenoxy) is 1. The molecule has 1 atom stereocenters. The molecule has 184 valence electrons. The normalized spacial score (nSPS) is 27.5. The monoisotopic (exact) mass is 467 g/mol. The first-order valence-corrected chi connectivity index (χ1v) is 11.9. The van der Waals surface area contributed by atoms with Gasteiger partial charge < -0.3 is 14.4 Å². The fraction of sp³-hybridized carbons (Fsp3) is 0.692. The predicted molar refractivity (Wildman–Crippen MR) is 121 cm³/mol. The second-order valence-electron chi connectivity index (χ2n) is 11.3. The summed E-state index contributed by atoms with van der Waals surface area (Å²) in [6, 6.07) is 5.24. The van der Waals surface area contributed by atoms with Crippen LogP contribution in [0.25, 0.3) is 0 Å². The molecule has 0 N–H and O–H groups in total. The topological polar surface area (TPSA) is 46.6 Å². The van der Waals surface area contributed by atoms with Gasteiger partial charge in [-0.15, -0.1) is 0 Å². The van der Waals surface area contributed by atoms with Crippen LogP contribution in [0.3, 0.4) is 0 Å². The Bertz CT molecular complexity index is 847. The van der Waals surface area contributed by atoms with Crippen LogP contribution in [0.1, 0.15) is 90.2 Å². The van der Waals surface area contributed by atoms with Gasteiger partial charge in [0.25, 0.3) is 0 Å². The van der Waals surface area contributed by atoms with E-state index in [9.17, 15) is 22.8 Å². The molecule has 0 aliphatic heterocycles. The molecule has 33 heavy (non-hydrogen) atoms. The average molecular weight is 468 g/mol. The minimum atomic E-state index is -4.41. The highest BCUT2D eigenvalue weighted by Crippen LogP contribution is 2.60. The van der Waals surface area contributed by atoms with E-state index < -0.39 is 28.3 Å². The third-order valence-corrected chi connectivity index (χ3v) is 7.34. The van der Waals surface area contributed by atoms with Gasteiger partial charge >= 0.3 is 12.3 Å². The summed E-state index contributed by atoms with van der Waals surface area (Å²) in [5.41, 5.74) is -1.68. The van der Waals surface area contributed by atoms with Crippen LogP contribution in [0.4, 0.5) is 18.0 Å². The Kier molecular flexibility index (Phi) is 6.94. The Labute approximate surface area is 194 Å². The quantitative estimate of drug-likeness (QED) is 0.424. The largest absolute Gasteiger partial charge is 0.444 e. The lowest BCUT2D eigenvalue weighted by Gasteiger charge is -2.60. The molecule has 0 radical (unpaired) electrons. The number of fused-ring (bicyclic) bond motifs is 3. The molecule has 2 bridgehead atoms. The van der Waals surface area contributed by atoms with Crippen molar-refractivity contribution < 1.29 is 27.5 Å². The van der Waals surface area contributed by atoms with Crippen LogP contribution >= 0.6 is 0 Å². The van der Waals surface area contributed by atoms with E-state index in [1.54, 1.807) is 0 Å². The number of nitrogens with zero attached hydrogens (tertiary/aromatic N) is 1. The van der Waals surface area contributed by atoms with Crippen LogP contribution in [-0.2, 0) is 15.7 Å². The molecular formula is C26H36F3NO3. The Morgan fingerprint density at radius 1 is 1.12 bits per heavy atom. The van der Waals surface area contributed by atoms with Crippen LogP contribution in [-0.4, -0.2) is 35.0 Å². The summed E-state index contributed by atoms with van der Waals surface area (Å²) in [5.74, 6) is 0.143. The summed E-state index contributed by atoms with van der Waals surface area (Å²) in [6.45, 7) is 10.2. The van der Waals surface area contributed by atoms with E-state index in [1.807, 2.05) is 25.7 Å². The van der Waals surface area contributed by atoms with Gasteiger partial charge in [-0.25, -0.2) is 4.79 Å². The summed E-state index contributed by atoms with van der Waals surface area (Å²) >= 11 is 0. The molecule has 0 heterocycles. The summed E-state index contributed by atoms with van der Waals surface area (Å²) < 4.78 is 45.3.